The number of rotatable bonds is 30. The van der Waals surface area contributed by atoms with Gasteiger partial charge >= 0.3 is 35.7 Å². The summed E-state index contributed by atoms with van der Waals surface area (Å²) in [5.41, 5.74) is 0. The number of carboxylic acids is 2. The van der Waals surface area contributed by atoms with Crippen LogP contribution >= 0.6 is 0 Å². The van der Waals surface area contributed by atoms with Crippen LogP contribution in [0.2, 0.25) is 0 Å². The van der Waals surface area contributed by atoms with Gasteiger partial charge in [0.2, 0.25) is 0 Å². The molecule has 6 heteroatoms. The first-order valence-corrected chi connectivity index (χ1v) is 18.1. The van der Waals surface area contributed by atoms with Crippen LogP contribution in [-0.2, 0) is 33.3 Å². The number of carboxylic acid groups (broad SMARTS) is 2. The van der Waals surface area contributed by atoms with Crippen molar-refractivity contribution in [1.82, 2.24) is 0 Å². The fraction of sp³-hybridized carbons (Fsp3) is 0.833. The first-order valence-electron chi connectivity index (χ1n) is 17.5. The van der Waals surface area contributed by atoms with Crippen molar-refractivity contribution in [3.63, 3.8) is 0 Å². The molecule has 0 aromatic carbocycles. The summed E-state index contributed by atoms with van der Waals surface area (Å²) in [5, 5.41) is 17.0. The fourth-order valence-electron chi connectivity index (χ4n) is 4.69. The Bertz CT molecular complexity index is 541. The van der Waals surface area contributed by atoms with Crippen LogP contribution in [0.3, 0.4) is 0 Å². The molecule has 0 saturated carbocycles. The number of allylic oxidation sites excluding steroid dienone is 4. The van der Waals surface area contributed by atoms with Gasteiger partial charge in [0.25, 0.3) is 0 Å². The minimum absolute atomic E-state index is 0.332. The molecule has 0 atom stereocenters. The summed E-state index contributed by atoms with van der Waals surface area (Å²) < 4.78 is 8.25. The first-order chi connectivity index (χ1) is 20.5. The molecule has 42 heavy (non-hydrogen) atoms. The minimum atomic E-state index is -0.664. The number of aliphatic carboxylic acids is 2. The quantitative estimate of drug-likeness (QED) is 0.0469. The second kappa shape index (κ2) is 44.4. The molecule has 0 unspecified atom stereocenters. The Morgan fingerprint density at radius 2 is 0.619 bits per heavy atom. The molecule has 0 bridgehead atoms. The molecule has 0 aliphatic rings. The van der Waals surface area contributed by atoms with Crippen molar-refractivity contribution in [2.45, 2.75) is 194 Å². The van der Waals surface area contributed by atoms with E-state index in [1.165, 1.54) is 141 Å². The van der Waals surface area contributed by atoms with E-state index in [0.29, 0.717) is 12.8 Å². The third kappa shape index (κ3) is 51.7. The number of hydrogen-bond donors (Lipinski definition) is 2. The molecule has 246 valence electrons. The van der Waals surface area contributed by atoms with Gasteiger partial charge in [0, 0.05) is 12.8 Å². The molecule has 0 saturated heterocycles. The Kier molecular flexibility index (Phi) is 47.9. The van der Waals surface area contributed by atoms with Crippen LogP contribution in [-0.4, -0.2) is 22.2 Å². The molecule has 0 aliphatic carbocycles. The Balaban J connectivity index is -0.000000683. The van der Waals surface area contributed by atoms with E-state index in [9.17, 15) is 9.59 Å². The number of unbranched alkanes of at least 4 members (excludes halogenated alkanes) is 22. The van der Waals surface area contributed by atoms with Crippen molar-refractivity contribution in [1.29, 1.82) is 0 Å². The maximum absolute atomic E-state index is 10.3. The third-order valence-electron chi connectivity index (χ3n) is 7.30. The zero-order valence-corrected chi connectivity index (χ0v) is 29.3. The van der Waals surface area contributed by atoms with E-state index in [1.807, 2.05) is 0 Å². The van der Waals surface area contributed by atoms with Gasteiger partial charge in [-0.1, -0.05) is 141 Å². The predicted molar refractivity (Wildman–Crippen MR) is 175 cm³/mol. The van der Waals surface area contributed by atoms with Crippen molar-refractivity contribution >= 4 is 11.9 Å². The zero-order chi connectivity index (χ0) is 31.8. The fourth-order valence-corrected chi connectivity index (χ4v) is 4.69. The summed E-state index contributed by atoms with van der Waals surface area (Å²) in [6.45, 7) is 4.52. The summed E-state index contributed by atoms with van der Waals surface area (Å²) in [5.74, 6) is -1.33. The Hall–Kier alpha value is -1.07. The molecule has 0 heterocycles. The molecular weight excluding hydrogens is 560 g/mol. The van der Waals surface area contributed by atoms with E-state index in [0.717, 1.165) is 46.1 Å². The summed E-state index contributed by atoms with van der Waals surface area (Å²) >= 11 is 0.750. The molecule has 0 rings (SSSR count). The van der Waals surface area contributed by atoms with Gasteiger partial charge in [0.15, 0.2) is 0 Å². The van der Waals surface area contributed by atoms with Gasteiger partial charge in [0.1, 0.15) is 0 Å². The van der Waals surface area contributed by atoms with Crippen molar-refractivity contribution in [2.24, 2.45) is 0 Å². The molecule has 2 N–H and O–H groups in total. The number of hydrogen-bond acceptors (Lipinski definition) is 3. The van der Waals surface area contributed by atoms with E-state index in [4.69, 9.17) is 13.5 Å². The van der Waals surface area contributed by atoms with Crippen molar-refractivity contribution in [3.05, 3.63) is 24.3 Å². The predicted octanol–water partition coefficient (Wildman–Crippen LogP) is 12.1. The van der Waals surface area contributed by atoms with Crippen LogP contribution in [0.4, 0.5) is 0 Å². The van der Waals surface area contributed by atoms with Gasteiger partial charge in [-0.3, -0.25) is 9.59 Å². The monoisotopic (exact) mass is 628 g/mol. The molecule has 0 aromatic rings. The van der Waals surface area contributed by atoms with Gasteiger partial charge in [0.05, 0.1) is 0 Å². The third-order valence-corrected chi connectivity index (χ3v) is 7.30. The average molecular weight is 629 g/mol. The second-order valence-electron chi connectivity index (χ2n) is 11.5. The van der Waals surface area contributed by atoms with E-state index < -0.39 is 11.9 Å². The summed E-state index contributed by atoms with van der Waals surface area (Å²) in [7, 11) is 0. The van der Waals surface area contributed by atoms with Crippen LogP contribution < -0.4 is 0 Å². The molecule has 0 spiro atoms. The van der Waals surface area contributed by atoms with Crippen LogP contribution in [0.25, 0.3) is 0 Å². The normalized spacial score (nSPS) is 10.8. The van der Waals surface area contributed by atoms with Crippen LogP contribution in [0, 0.1) is 0 Å². The van der Waals surface area contributed by atoms with Gasteiger partial charge < -0.3 is 10.2 Å². The molecule has 0 amide bonds. The Morgan fingerprint density at radius 3 is 0.857 bits per heavy atom. The standard InChI is InChI=1S/2C18H34O2.O.Ti/c2*1-2-3-4-5-6-7-8-9-10-11-12-13-14-15-16-17-18(19)20;;/h2*9-10H,2-8,11-17H2,1H3,(H,19,20);;/b2*10-9-;;. The second-order valence-corrected chi connectivity index (χ2v) is 11.5. The van der Waals surface area contributed by atoms with E-state index in [2.05, 4.69) is 38.2 Å². The Morgan fingerprint density at radius 1 is 0.405 bits per heavy atom. The molecular formula is C36H68O5Ti. The van der Waals surface area contributed by atoms with Crippen LogP contribution in [0.1, 0.15) is 194 Å². The van der Waals surface area contributed by atoms with Crippen molar-refractivity contribution < 1.29 is 43.5 Å². The summed E-state index contributed by atoms with van der Waals surface area (Å²) in [6.07, 6.45) is 42.5. The molecule has 0 fully saturated rings. The molecule has 0 aliphatic heterocycles. The topological polar surface area (TPSA) is 91.7 Å². The molecule has 0 aromatic heterocycles. The molecule has 0 radical (unpaired) electrons. The van der Waals surface area contributed by atoms with Gasteiger partial charge in [-0.25, -0.2) is 0 Å². The van der Waals surface area contributed by atoms with Gasteiger partial charge in [-0.2, -0.15) is 0 Å². The summed E-state index contributed by atoms with van der Waals surface area (Å²) in [4.78, 5) is 20.6. The zero-order valence-electron chi connectivity index (χ0n) is 27.7. The van der Waals surface area contributed by atoms with Crippen LogP contribution in [0.5, 0.6) is 0 Å². The van der Waals surface area contributed by atoms with Gasteiger partial charge in [-0.15, -0.1) is 0 Å². The maximum atomic E-state index is 10.3. The average Bonchev–Trinajstić information content (AvgIpc) is 2.98. The van der Waals surface area contributed by atoms with Crippen molar-refractivity contribution in [3.8, 4) is 0 Å². The first kappa shape index (κ1) is 45.4. The van der Waals surface area contributed by atoms with E-state index in [1.54, 1.807) is 0 Å². The summed E-state index contributed by atoms with van der Waals surface area (Å²) in [6, 6.07) is 0. The van der Waals surface area contributed by atoms with Crippen LogP contribution in [0.15, 0.2) is 24.3 Å². The SMILES string of the molecule is CCCCCCCC/C=C\CCCCCCCC(=O)O.CCCCCCCC/C=C\CCCCCCCC(=O)O.[O]=[Ti]. The van der Waals surface area contributed by atoms with Gasteiger partial charge in [-0.05, 0) is 64.2 Å². The van der Waals surface area contributed by atoms with Crippen molar-refractivity contribution in [2.75, 3.05) is 0 Å². The van der Waals surface area contributed by atoms with E-state index in [-0.39, 0.29) is 0 Å². The van der Waals surface area contributed by atoms with E-state index >= 15 is 0 Å². The molecule has 5 nitrogen and oxygen atoms in total. The number of carbonyl (C=O) groups is 2. The Labute approximate surface area is 272 Å².